The molecule has 0 atom stereocenters. The number of para-hydroxylation sites is 1. The Bertz CT molecular complexity index is 739. The fraction of sp³-hybridized carbons (Fsp3) is 0.381. The first-order valence-electron chi connectivity index (χ1n) is 9.04. The van der Waals surface area contributed by atoms with Crippen LogP contribution in [0.1, 0.15) is 11.1 Å². The molecule has 1 heterocycles. The Morgan fingerprint density at radius 2 is 1.69 bits per heavy atom. The molecule has 1 aliphatic heterocycles. The smallest absolute Gasteiger partial charge is 0.236 e. The molecule has 0 spiro atoms. The van der Waals surface area contributed by atoms with E-state index in [1.807, 2.05) is 31.3 Å². The number of benzene rings is 2. The van der Waals surface area contributed by atoms with Crippen molar-refractivity contribution >= 4 is 23.2 Å². The maximum atomic E-state index is 12.5. The highest BCUT2D eigenvalue weighted by Gasteiger charge is 2.21. The van der Waals surface area contributed by atoms with Crippen molar-refractivity contribution in [3.8, 4) is 0 Å². The van der Waals surface area contributed by atoms with Gasteiger partial charge >= 0.3 is 0 Å². The summed E-state index contributed by atoms with van der Waals surface area (Å²) in [6, 6.07) is 16.1. The number of likely N-dealkylation sites (N-methyl/N-ethyl adjacent to an activating group) is 1. The molecular formula is C21H26ClN3O. The lowest BCUT2D eigenvalue weighted by Gasteiger charge is -2.37. The molecule has 138 valence electrons. The van der Waals surface area contributed by atoms with E-state index in [9.17, 15) is 4.79 Å². The summed E-state index contributed by atoms with van der Waals surface area (Å²) < 4.78 is 0. The van der Waals surface area contributed by atoms with Crippen LogP contribution in [0.4, 0.5) is 5.69 Å². The van der Waals surface area contributed by atoms with E-state index in [0.29, 0.717) is 18.1 Å². The van der Waals surface area contributed by atoms with Gasteiger partial charge in [0.05, 0.1) is 6.54 Å². The molecule has 4 nitrogen and oxygen atoms in total. The molecule has 1 aliphatic rings. The summed E-state index contributed by atoms with van der Waals surface area (Å²) in [5.74, 6) is 0.157. The first-order valence-corrected chi connectivity index (χ1v) is 9.42. The summed E-state index contributed by atoms with van der Waals surface area (Å²) in [5, 5.41) is 0.717. The van der Waals surface area contributed by atoms with Gasteiger partial charge in [-0.1, -0.05) is 41.9 Å². The first-order chi connectivity index (χ1) is 12.5. The number of hydrogen-bond acceptors (Lipinski definition) is 3. The van der Waals surface area contributed by atoms with Crippen molar-refractivity contribution in [2.24, 2.45) is 0 Å². The van der Waals surface area contributed by atoms with Crippen LogP contribution < -0.4 is 4.90 Å². The van der Waals surface area contributed by atoms with Crippen molar-refractivity contribution in [2.45, 2.75) is 13.5 Å². The predicted molar refractivity (Wildman–Crippen MR) is 108 cm³/mol. The number of amides is 1. The molecule has 2 aromatic carbocycles. The summed E-state index contributed by atoms with van der Waals surface area (Å²) in [6.07, 6.45) is 0. The highest BCUT2D eigenvalue weighted by Crippen LogP contribution is 2.20. The van der Waals surface area contributed by atoms with Crippen LogP contribution in [0.5, 0.6) is 0 Å². The van der Waals surface area contributed by atoms with Crippen molar-refractivity contribution in [2.75, 3.05) is 44.7 Å². The van der Waals surface area contributed by atoms with Gasteiger partial charge in [0.2, 0.25) is 5.91 Å². The van der Waals surface area contributed by atoms with Gasteiger partial charge < -0.3 is 9.80 Å². The minimum atomic E-state index is 0.157. The average Bonchev–Trinajstić information content (AvgIpc) is 2.65. The number of rotatable bonds is 5. The van der Waals surface area contributed by atoms with Crippen LogP contribution in [0.25, 0.3) is 0 Å². The van der Waals surface area contributed by atoms with Gasteiger partial charge in [0.1, 0.15) is 0 Å². The van der Waals surface area contributed by atoms with Crippen LogP contribution in [-0.4, -0.2) is 55.5 Å². The average molecular weight is 372 g/mol. The second kappa shape index (κ2) is 8.56. The van der Waals surface area contributed by atoms with Crippen LogP contribution in [0.15, 0.2) is 48.5 Å². The van der Waals surface area contributed by atoms with Gasteiger partial charge in [0.25, 0.3) is 0 Å². The highest BCUT2D eigenvalue weighted by molar-refractivity contribution is 6.30. The zero-order valence-corrected chi connectivity index (χ0v) is 16.2. The molecule has 0 aliphatic carbocycles. The number of hydrogen-bond donors (Lipinski definition) is 0. The van der Waals surface area contributed by atoms with Gasteiger partial charge in [-0.2, -0.15) is 0 Å². The van der Waals surface area contributed by atoms with Crippen LogP contribution >= 0.6 is 11.6 Å². The molecule has 26 heavy (non-hydrogen) atoms. The zero-order valence-electron chi connectivity index (χ0n) is 15.5. The normalized spacial score (nSPS) is 15.1. The Morgan fingerprint density at radius 3 is 2.35 bits per heavy atom. The topological polar surface area (TPSA) is 26.8 Å². The molecule has 0 unspecified atom stereocenters. The molecule has 0 saturated carbocycles. The third-order valence-electron chi connectivity index (χ3n) is 4.95. The number of nitrogens with zero attached hydrogens (tertiary/aromatic N) is 3. The molecular weight excluding hydrogens is 346 g/mol. The Hall–Kier alpha value is -2.04. The van der Waals surface area contributed by atoms with Crippen molar-refractivity contribution in [1.29, 1.82) is 0 Å². The zero-order chi connectivity index (χ0) is 18.5. The fourth-order valence-electron chi connectivity index (χ4n) is 3.33. The monoisotopic (exact) mass is 371 g/mol. The SMILES string of the molecule is Cc1ccccc1N1CCN(CC(=O)N(C)Cc2ccc(Cl)cc2)CC1. The van der Waals surface area contributed by atoms with Gasteiger partial charge in [-0.3, -0.25) is 9.69 Å². The molecule has 3 rings (SSSR count). The Labute approximate surface area is 161 Å². The number of piperazine rings is 1. The third-order valence-corrected chi connectivity index (χ3v) is 5.20. The van der Waals surface area contributed by atoms with Gasteiger partial charge in [0.15, 0.2) is 0 Å². The largest absolute Gasteiger partial charge is 0.369 e. The molecule has 2 aromatic rings. The molecule has 1 saturated heterocycles. The molecule has 1 amide bonds. The van der Waals surface area contributed by atoms with Gasteiger partial charge in [0, 0.05) is 50.5 Å². The maximum Gasteiger partial charge on any atom is 0.236 e. The summed E-state index contributed by atoms with van der Waals surface area (Å²) >= 11 is 5.91. The Morgan fingerprint density at radius 1 is 1.04 bits per heavy atom. The molecule has 1 fully saturated rings. The van der Waals surface area contributed by atoms with E-state index in [2.05, 4.69) is 41.0 Å². The lowest BCUT2D eigenvalue weighted by atomic mass is 10.1. The number of halogens is 1. The second-order valence-corrected chi connectivity index (χ2v) is 7.36. The predicted octanol–water partition coefficient (Wildman–Crippen LogP) is 3.43. The van der Waals surface area contributed by atoms with E-state index in [1.54, 1.807) is 4.90 Å². The quantitative estimate of drug-likeness (QED) is 0.805. The Balaban J connectivity index is 1.48. The number of aryl methyl sites for hydroxylation is 1. The van der Waals surface area contributed by atoms with E-state index >= 15 is 0 Å². The van der Waals surface area contributed by atoms with Gasteiger partial charge in [-0.05, 0) is 36.2 Å². The summed E-state index contributed by atoms with van der Waals surface area (Å²) in [7, 11) is 1.86. The van der Waals surface area contributed by atoms with E-state index < -0.39 is 0 Å². The summed E-state index contributed by atoms with van der Waals surface area (Å²) in [4.78, 5) is 19.0. The minimum absolute atomic E-state index is 0.157. The number of anilines is 1. The molecule has 0 bridgehead atoms. The van der Waals surface area contributed by atoms with E-state index in [0.717, 1.165) is 31.7 Å². The van der Waals surface area contributed by atoms with Gasteiger partial charge in [-0.25, -0.2) is 0 Å². The summed E-state index contributed by atoms with van der Waals surface area (Å²) in [5.41, 5.74) is 3.70. The fourth-order valence-corrected chi connectivity index (χ4v) is 3.45. The number of carbonyl (C=O) groups excluding carboxylic acids is 1. The van der Waals surface area contributed by atoms with Crippen molar-refractivity contribution < 1.29 is 4.79 Å². The van der Waals surface area contributed by atoms with E-state index in [1.165, 1.54) is 11.3 Å². The third kappa shape index (κ3) is 4.77. The van der Waals surface area contributed by atoms with Gasteiger partial charge in [-0.15, -0.1) is 0 Å². The van der Waals surface area contributed by atoms with Crippen LogP contribution in [0.3, 0.4) is 0 Å². The van der Waals surface area contributed by atoms with Crippen LogP contribution in [0, 0.1) is 6.92 Å². The maximum absolute atomic E-state index is 12.5. The standard InChI is InChI=1S/C21H26ClN3O/c1-17-5-3-4-6-20(17)25-13-11-24(12-14-25)16-21(26)23(2)15-18-7-9-19(22)10-8-18/h3-10H,11-16H2,1-2H3. The lowest BCUT2D eigenvalue weighted by molar-refractivity contribution is -0.131. The molecule has 5 heteroatoms. The van der Waals surface area contributed by atoms with Crippen molar-refractivity contribution in [3.63, 3.8) is 0 Å². The van der Waals surface area contributed by atoms with Crippen molar-refractivity contribution in [1.82, 2.24) is 9.80 Å². The summed E-state index contributed by atoms with van der Waals surface area (Å²) in [6.45, 7) is 6.98. The molecule has 0 N–H and O–H groups in total. The first kappa shape index (κ1) is 18.7. The van der Waals surface area contributed by atoms with Crippen LogP contribution in [0.2, 0.25) is 5.02 Å². The molecule has 0 radical (unpaired) electrons. The highest BCUT2D eigenvalue weighted by atomic mass is 35.5. The number of carbonyl (C=O) groups is 1. The van der Waals surface area contributed by atoms with E-state index in [-0.39, 0.29) is 5.91 Å². The van der Waals surface area contributed by atoms with E-state index in [4.69, 9.17) is 11.6 Å². The minimum Gasteiger partial charge on any atom is -0.369 e. The van der Waals surface area contributed by atoms with Crippen LogP contribution in [-0.2, 0) is 11.3 Å². The second-order valence-electron chi connectivity index (χ2n) is 6.93. The lowest BCUT2D eigenvalue weighted by Crippen LogP contribution is -2.49. The molecule has 0 aromatic heterocycles. The van der Waals surface area contributed by atoms with Crippen molar-refractivity contribution in [3.05, 3.63) is 64.7 Å². The Kier molecular flexibility index (Phi) is 6.17.